The number of rotatable bonds is 4. The second-order valence-electron chi connectivity index (χ2n) is 5.83. The molecule has 1 aromatic heterocycles. The Morgan fingerprint density at radius 2 is 1.72 bits per heavy atom. The first-order valence-corrected chi connectivity index (χ1v) is 7.83. The van der Waals surface area contributed by atoms with Gasteiger partial charge in [-0.1, -0.05) is 0 Å². The topological polar surface area (TPSA) is 65.7 Å². The van der Waals surface area contributed by atoms with Crippen LogP contribution in [0.4, 0.5) is 0 Å². The van der Waals surface area contributed by atoms with Gasteiger partial charge in [0.05, 0.1) is 12.7 Å². The van der Waals surface area contributed by atoms with E-state index in [0.29, 0.717) is 16.9 Å². The summed E-state index contributed by atoms with van der Waals surface area (Å²) in [5, 5.41) is 0.855. The van der Waals surface area contributed by atoms with Crippen LogP contribution in [-0.2, 0) is 11.3 Å². The van der Waals surface area contributed by atoms with Crippen molar-refractivity contribution in [2.75, 3.05) is 7.11 Å². The summed E-state index contributed by atoms with van der Waals surface area (Å²) in [6.45, 7) is 4.21. The number of esters is 1. The molecular weight excluding hydrogens is 320 g/mol. The summed E-state index contributed by atoms with van der Waals surface area (Å²) in [5.41, 5.74) is 3.53. The van der Waals surface area contributed by atoms with Gasteiger partial charge in [-0.05, 0) is 61.4 Å². The molecular formula is C20H18O5. The fourth-order valence-electron chi connectivity index (χ4n) is 2.57. The summed E-state index contributed by atoms with van der Waals surface area (Å²) in [6, 6.07) is 11.9. The van der Waals surface area contributed by atoms with Crippen LogP contribution in [0.15, 0.2) is 51.7 Å². The van der Waals surface area contributed by atoms with E-state index in [1.54, 1.807) is 24.3 Å². The summed E-state index contributed by atoms with van der Waals surface area (Å²) in [5.74, 6) is 0.196. The second kappa shape index (κ2) is 6.81. The van der Waals surface area contributed by atoms with Crippen molar-refractivity contribution in [3.63, 3.8) is 0 Å². The highest BCUT2D eigenvalue weighted by atomic mass is 16.5. The highest BCUT2D eigenvalue weighted by molar-refractivity contribution is 5.89. The zero-order chi connectivity index (χ0) is 18.0. The molecule has 0 fully saturated rings. The Balaban J connectivity index is 1.87. The number of hydrogen-bond donors (Lipinski definition) is 0. The first-order chi connectivity index (χ1) is 12.0. The van der Waals surface area contributed by atoms with Gasteiger partial charge in [-0.15, -0.1) is 0 Å². The van der Waals surface area contributed by atoms with Gasteiger partial charge in [0.1, 0.15) is 17.9 Å². The Morgan fingerprint density at radius 3 is 2.40 bits per heavy atom. The Bertz CT molecular complexity index is 983. The van der Waals surface area contributed by atoms with Gasteiger partial charge in [-0.25, -0.2) is 9.59 Å². The van der Waals surface area contributed by atoms with Crippen LogP contribution in [0.1, 0.15) is 27.0 Å². The molecule has 0 aliphatic carbocycles. The minimum absolute atomic E-state index is 0.224. The Hall–Kier alpha value is -3.08. The lowest BCUT2D eigenvalue weighted by molar-refractivity contribution is 0.0600. The highest BCUT2D eigenvalue weighted by Gasteiger charge is 2.09. The fourth-order valence-corrected chi connectivity index (χ4v) is 2.57. The number of benzene rings is 2. The van der Waals surface area contributed by atoms with Gasteiger partial charge >= 0.3 is 11.6 Å². The molecule has 0 saturated carbocycles. The molecule has 0 unspecified atom stereocenters. The molecule has 128 valence electrons. The van der Waals surface area contributed by atoms with Crippen molar-refractivity contribution >= 4 is 16.9 Å². The molecule has 5 heteroatoms. The van der Waals surface area contributed by atoms with Crippen molar-refractivity contribution in [2.24, 2.45) is 0 Å². The molecule has 3 rings (SSSR count). The van der Waals surface area contributed by atoms with Gasteiger partial charge in [0.15, 0.2) is 0 Å². The second-order valence-corrected chi connectivity index (χ2v) is 5.83. The molecule has 0 aliphatic heterocycles. The molecule has 25 heavy (non-hydrogen) atoms. The smallest absolute Gasteiger partial charge is 0.337 e. The number of ether oxygens (including phenoxy) is 2. The Labute approximate surface area is 144 Å². The van der Waals surface area contributed by atoms with Crippen LogP contribution < -0.4 is 10.4 Å². The van der Waals surface area contributed by atoms with Crippen molar-refractivity contribution in [3.8, 4) is 5.75 Å². The van der Waals surface area contributed by atoms with Crippen LogP contribution in [-0.4, -0.2) is 13.1 Å². The van der Waals surface area contributed by atoms with Gasteiger partial charge in [-0.2, -0.15) is 0 Å². The predicted octanol–water partition coefficient (Wildman–Crippen LogP) is 3.78. The first kappa shape index (κ1) is 16.8. The van der Waals surface area contributed by atoms with Crippen molar-refractivity contribution in [3.05, 3.63) is 75.1 Å². The zero-order valence-electron chi connectivity index (χ0n) is 14.3. The van der Waals surface area contributed by atoms with E-state index in [2.05, 4.69) is 4.74 Å². The van der Waals surface area contributed by atoms with E-state index in [1.807, 2.05) is 26.0 Å². The summed E-state index contributed by atoms with van der Waals surface area (Å²) in [6.07, 6.45) is 0. The molecule has 5 nitrogen and oxygen atoms in total. The minimum Gasteiger partial charge on any atom is -0.489 e. The molecule has 3 aromatic rings. The average molecular weight is 338 g/mol. The number of carbonyl (C=O) groups is 1. The first-order valence-electron chi connectivity index (χ1n) is 7.83. The number of aryl methyl sites for hydroxylation is 2. The molecule has 0 atom stereocenters. The molecule has 0 aliphatic rings. The van der Waals surface area contributed by atoms with Crippen molar-refractivity contribution in [2.45, 2.75) is 20.5 Å². The normalized spacial score (nSPS) is 10.7. The number of methoxy groups -OCH3 is 1. The van der Waals surface area contributed by atoms with Crippen LogP contribution in [0.5, 0.6) is 5.75 Å². The van der Waals surface area contributed by atoms with Crippen molar-refractivity contribution < 1.29 is 18.7 Å². The Kier molecular flexibility index (Phi) is 4.57. The maximum Gasteiger partial charge on any atom is 0.337 e. The third-order valence-corrected chi connectivity index (χ3v) is 4.11. The number of hydrogen-bond acceptors (Lipinski definition) is 5. The van der Waals surface area contributed by atoms with E-state index in [9.17, 15) is 9.59 Å². The standard InChI is InChI=1S/C20H18O5/c1-12-8-17-15(10-19(21)25-18(17)9-13(12)2)11-24-16-6-4-14(5-7-16)20(22)23-3/h4-10H,11H2,1-3H3. The van der Waals surface area contributed by atoms with Crippen molar-refractivity contribution in [1.82, 2.24) is 0 Å². The fraction of sp³-hybridized carbons (Fsp3) is 0.200. The largest absolute Gasteiger partial charge is 0.489 e. The molecule has 0 radical (unpaired) electrons. The van der Waals surface area contributed by atoms with E-state index in [4.69, 9.17) is 9.15 Å². The Morgan fingerprint density at radius 1 is 1.04 bits per heavy atom. The molecule has 0 bridgehead atoms. The highest BCUT2D eigenvalue weighted by Crippen LogP contribution is 2.23. The van der Waals surface area contributed by atoms with E-state index in [0.717, 1.165) is 22.1 Å². The lowest BCUT2D eigenvalue weighted by Gasteiger charge is -2.10. The summed E-state index contributed by atoms with van der Waals surface area (Å²) >= 11 is 0. The van der Waals surface area contributed by atoms with Gasteiger partial charge in [0.25, 0.3) is 0 Å². The third-order valence-electron chi connectivity index (χ3n) is 4.11. The van der Waals surface area contributed by atoms with Crippen LogP contribution >= 0.6 is 0 Å². The quantitative estimate of drug-likeness (QED) is 0.535. The van der Waals surface area contributed by atoms with E-state index >= 15 is 0 Å². The van der Waals surface area contributed by atoms with Crippen LogP contribution in [0, 0.1) is 13.8 Å². The van der Waals surface area contributed by atoms with Gasteiger partial charge in [-0.3, -0.25) is 0 Å². The summed E-state index contributed by atoms with van der Waals surface area (Å²) in [7, 11) is 1.34. The maximum atomic E-state index is 11.8. The monoisotopic (exact) mass is 338 g/mol. The van der Waals surface area contributed by atoms with Gasteiger partial charge < -0.3 is 13.9 Å². The van der Waals surface area contributed by atoms with Gasteiger partial charge in [0.2, 0.25) is 0 Å². The molecule has 0 amide bonds. The third kappa shape index (κ3) is 3.55. The van der Waals surface area contributed by atoms with Crippen molar-refractivity contribution in [1.29, 1.82) is 0 Å². The molecule has 0 saturated heterocycles. The predicted molar refractivity (Wildman–Crippen MR) is 94.1 cm³/mol. The molecule has 0 spiro atoms. The van der Waals surface area contributed by atoms with E-state index < -0.39 is 11.6 Å². The number of fused-ring (bicyclic) bond motifs is 1. The average Bonchev–Trinajstić information content (AvgIpc) is 2.61. The SMILES string of the molecule is COC(=O)c1ccc(OCc2cc(=O)oc3cc(C)c(C)cc23)cc1. The zero-order valence-corrected chi connectivity index (χ0v) is 14.3. The minimum atomic E-state index is -0.407. The van der Waals surface area contributed by atoms with Crippen LogP contribution in [0.25, 0.3) is 11.0 Å². The number of carbonyl (C=O) groups excluding carboxylic acids is 1. The molecule has 0 N–H and O–H groups in total. The van der Waals surface area contributed by atoms with Crippen LogP contribution in [0.2, 0.25) is 0 Å². The van der Waals surface area contributed by atoms with Crippen LogP contribution in [0.3, 0.4) is 0 Å². The summed E-state index contributed by atoms with van der Waals surface area (Å²) < 4.78 is 15.7. The van der Waals surface area contributed by atoms with Gasteiger partial charge in [0, 0.05) is 17.0 Å². The van der Waals surface area contributed by atoms with E-state index in [1.165, 1.54) is 13.2 Å². The summed E-state index contributed by atoms with van der Waals surface area (Å²) in [4.78, 5) is 23.2. The van der Waals surface area contributed by atoms with E-state index in [-0.39, 0.29) is 6.61 Å². The molecule has 2 aromatic carbocycles. The lowest BCUT2D eigenvalue weighted by Crippen LogP contribution is -2.05. The lowest BCUT2D eigenvalue weighted by atomic mass is 10.0. The molecule has 1 heterocycles. The maximum absolute atomic E-state index is 11.8.